The van der Waals surface area contributed by atoms with E-state index in [1.54, 1.807) is 0 Å². The quantitative estimate of drug-likeness (QED) is 0.338. The maximum absolute atomic E-state index is 4.62. The van der Waals surface area contributed by atoms with Crippen LogP contribution in [-0.4, -0.2) is 9.97 Å². The van der Waals surface area contributed by atoms with Gasteiger partial charge in [-0.3, -0.25) is 0 Å². The van der Waals surface area contributed by atoms with Gasteiger partial charge < -0.3 is 0 Å². The van der Waals surface area contributed by atoms with Crippen molar-refractivity contribution in [3.8, 4) is 22.6 Å². The third kappa shape index (κ3) is 4.04. The molecule has 0 N–H and O–H groups in total. The van der Waals surface area contributed by atoms with E-state index in [0.29, 0.717) is 5.92 Å². The Bertz CT molecular complexity index is 1290. The smallest absolute Gasteiger partial charge is 0.220 e. The molecule has 2 heterocycles. The number of hydrogen-bond acceptors (Lipinski definition) is 2. The van der Waals surface area contributed by atoms with Gasteiger partial charge in [-0.1, -0.05) is 46.8 Å². The summed E-state index contributed by atoms with van der Waals surface area (Å²) in [6.07, 6.45) is 6.04. The van der Waals surface area contributed by atoms with Crippen LogP contribution in [0.2, 0.25) is 0 Å². The molecule has 0 aliphatic carbocycles. The zero-order valence-electron chi connectivity index (χ0n) is 20.6. The van der Waals surface area contributed by atoms with Crippen molar-refractivity contribution < 1.29 is 4.57 Å². The number of rotatable bonds is 3. The molecule has 0 radical (unpaired) electrons. The monoisotopic (exact) mass is 424 g/mol. The van der Waals surface area contributed by atoms with Crippen molar-refractivity contribution in [2.45, 2.75) is 59.8 Å². The van der Waals surface area contributed by atoms with Crippen molar-refractivity contribution in [2.24, 2.45) is 7.05 Å². The summed E-state index contributed by atoms with van der Waals surface area (Å²) in [6, 6.07) is 13.5. The average Bonchev–Trinajstić information content (AvgIpc) is 2.75. The Balaban J connectivity index is 1.89. The fourth-order valence-electron chi connectivity index (χ4n) is 4.17. The third-order valence-electron chi connectivity index (χ3n) is 6.52. The van der Waals surface area contributed by atoms with Crippen LogP contribution in [0.15, 0.2) is 55.0 Å². The Hall–Kier alpha value is -3.07. The highest BCUT2D eigenvalue weighted by Gasteiger charge is 2.22. The molecule has 0 fully saturated rings. The number of pyridine rings is 1. The summed E-state index contributed by atoms with van der Waals surface area (Å²) in [5.74, 6) is 1.20. The van der Waals surface area contributed by atoms with Crippen molar-refractivity contribution in [1.82, 2.24) is 9.97 Å². The summed E-state index contributed by atoms with van der Waals surface area (Å²) in [5, 5.41) is 2.44. The molecule has 0 bridgehead atoms. The molecule has 3 nitrogen and oxygen atoms in total. The number of nitrogens with zero attached hydrogens (tertiary/aromatic N) is 3. The molecule has 0 amide bonds. The topological polar surface area (TPSA) is 29.7 Å². The summed E-state index contributed by atoms with van der Waals surface area (Å²) in [5.41, 5.74) is 8.88. The summed E-state index contributed by atoms with van der Waals surface area (Å²) < 4.78 is 2.24. The fourth-order valence-corrected chi connectivity index (χ4v) is 4.17. The molecule has 2 aromatic heterocycles. The van der Waals surface area contributed by atoms with Crippen LogP contribution in [0.25, 0.3) is 33.4 Å². The van der Waals surface area contributed by atoms with Crippen LogP contribution in [0, 0.1) is 13.8 Å². The minimum Gasteiger partial charge on any atom is -0.236 e. The summed E-state index contributed by atoms with van der Waals surface area (Å²) in [4.78, 5) is 9.25. The lowest BCUT2D eigenvalue weighted by Crippen LogP contribution is -2.31. The molecule has 0 atom stereocenters. The summed E-state index contributed by atoms with van der Waals surface area (Å²) in [6.45, 7) is 15.6. The van der Waals surface area contributed by atoms with E-state index in [2.05, 4.69) is 113 Å². The predicted octanol–water partition coefficient (Wildman–Crippen LogP) is 6.83. The summed E-state index contributed by atoms with van der Waals surface area (Å²) in [7, 11) is 2.13. The lowest BCUT2D eigenvalue weighted by Gasteiger charge is -2.22. The average molecular weight is 425 g/mol. The number of aromatic nitrogens is 3. The van der Waals surface area contributed by atoms with Crippen LogP contribution in [0.1, 0.15) is 62.8 Å². The van der Waals surface area contributed by atoms with Crippen LogP contribution in [0.3, 0.4) is 0 Å². The third-order valence-corrected chi connectivity index (χ3v) is 6.52. The van der Waals surface area contributed by atoms with Gasteiger partial charge in [0.15, 0.2) is 12.0 Å². The first-order valence-electron chi connectivity index (χ1n) is 11.4. The zero-order chi connectivity index (χ0) is 23.2. The van der Waals surface area contributed by atoms with E-state index in [0.717, 1.165) is 17.0 Å². The molecule has 3 heteroatoms. The Labute approximate surface area is 192 Å². The largest absolute Gasteiger partial charge is 0.236 e. The van der Waals surface area contributed by atoms with Gasteiger partial charge in [0.05, 0.1) is 10.9 Å². The van der Waals surface area contributed by atoms with Crippen molar-refractivity contribution in [1.29, 1.82) is 0 Å². The Morgan fingerprint density at radius 1 is 0.906 bits per heavy atom. The van der Waals surface area contributed by atoms with Gasteiger partial charge in [-0.15, -0.1) is 0 Å². The molecule has 4 aromatic rings. The molecule has 164 valence electrons. The van der Waals surface area contributed by atoms with Crippen molar-refractivity contribution >= 4 is 10.8 Å². The first-order valence-corrected chi connectivity index (χ1v) is 11.4. The van der Waals surface area contributed by atoms with Gasteiger partial charge in [0.2, 0.25) is 5.69 Å². The van der Waals surface area contributed by atoms with E-state index in [1.165, 1.54) is 38.7 Å². The van der Waals surface area contributed by atoms with Crippen LogP contribution in [0.5, 0.6) is 0 Å². The molecular formula is C29H34N3+. The normalized spacial score (nSPS) is 12.0. The fraction of sp³-hybridized carbons (Fsp3) is 0.345. The molecular weight excluding hydrogens is 390 g/mol. The maximum atomic E-state index is 4.62. The second kappa shape index (κ2) is 8.12. The van der Waals surface area contributed by atoms with E-state index in [9.17, 15) is 0 Å². The van der Waals surface area contributed by atoms with Gasteiger partial charge in [0.25, 0.3) is 0 Å². The Morgan fingerprint density at radius 3 is 2.22 bits per heavy atom. The van der Waals surface area contributed by atoms with Crippen LogP contribution in [0.4, 0.5) is 0 Å². The van der Waals surface area contributed by atoms with Crippen LogP contribution in [-0.2, 0) is 12.5 Å². The zero-order valence-corrected chi connectivity index (χ0v) is 20.6. The minimum atomic E-state index is 0.100. The van der Waals surface area contributed by atoms with Gasteiger partial charge >= 0.3 is 0 Å². The minimum absolute atomic E-state index is 0.100. The van der Waals surface area contributed by atoms with E-state index in [4.69, 9.17) is 0 Å². The second-order valence-corrected chi connectivity index (χ2v) is 10.3. The number of fused-ring (bicyclic) bond motifs is 1. The number of aryl methyl sites for hydroxylation is 2. The highest BCUT2D eigenvalue weighted by Crippen LogP contribution is 2.35. The predicted molar refractivity (Wildman–Crippen MR) is 134 cm³/mol. The van der Waals surface area contributed by atoms with E-state index >= 15 is 0 Å². The van der Waals surface area contributed by atoms with E-state index < -0.39 is 0 Å². The van der Waals surface area contributed by atoms with Crippen molar-refractivity contribution in [3.05, 3.63) is 77.2 Å². The van der Waals surface area contributed by atoms with Gasteiger partial charge in [-0.25, -0.2) is 14.5 Å². The van der Waals surface area contributed by atoms with Crippen molar-refractivity contribution in [2.75, 3.05) is 0 Å². The molecule has 2 aromatic carbocycles. The standard InChI is InChI=1S/C29H34N3/c1-18(2)23-16-30-28(31-17-23)22-9-10-25-21(14-22)11-12-32(8)27(25)26-15-24(29(5,6)7)13-19(3)20(26)4/h9-18H,1-8H3/q+1. The molecule has 0 unspecified atom stereocenters. The molecule has 4 rings (SSSR count). The molecule has 0 aliphatic rings. The number of benzene rings is 2. The molecule has 0 saturated heterocycles. The van der Waals surface area contributed by atoms with Gasteiger partial charge in [0.1, 0.15) is 7.05 Å². The molecule has 0 spiro atoms. The molecule has 0 saturated carbocycles. The van der Waals surface area contributed by atoms with Gasteiger partial charge in [-0.2, -0.15) is 0 Å². The SMILES string of the molecule is Cc1cc(C(C)(C)C)cc(-c2c3ccc(-c4ncc(C(C)C)cn4)cc3cc[n+]2C)c1C. The maximum Gasteiger partial charge on any atom is 0.220 e. The highest BCUT2D eigenvalue weighted by molar-refractivity contribution is 5.95. The molecule has 32 heavy (non-hydrogen) atoms. The Morgan fingerprint density at radius 2 is 1.59 bits per heavy atom. The van der Waals surface area contributed by atoms with Crippen LogP contribution < -0.4 is 4.57 Å². The van der Waals surface area contributed by atoms with Gasteiger partial charge in [0, 0.05) is 24.0 Å². The van der Waals surface area contributed by atoms with E-state index in [1.807, 2.05) is 12.4 Å². The lowest BCUT2D eigenvalue weighted by atomic mass is 9.83. The first-order chi connectivity index (χ1) is 15.1. The van der Waals surface area contributed by atoms with Gasteiger partial charge in [-0.05, 0) is 71.0 Å². The highest BCUT2D eigenvalue weighted by atomic mass is 14.9. The second-order valence-electron chi connectivity index (χ2n) is 10.3. The van der Waals surface area contributed by atoms with Crippen LogP contribution >= 0.6 is 0 Å². The van der Waals surface area contributed by atoms with Crippen molar-refractivity contribution in [3.63, 3.8) is 0 Å². The number of hydrogen-bond donors (Lipinski definition) is 0. The van der Waals surface area contributed by atoms with E-state index in [-0.39, 0.29) is 5.41 Å². The first kappa shape index (κ1) is 22.1. The molecule has 0 aliphatic heterocycles. The lowest BCUT2D eigenvalue weighted by molar-refractivity contribution is -0.659. The Kier molecular flexibility index (Phi) is 5.62. The summed E-state index contributed by atoms with van der Waals surface area (Å²) >= 11 is 0.